The molecule has 0 fully saturated rings. The summed E-state index contributed by atoms with van der Waals surface area (Å²) in [5, 5.41) is 10.6. The fraction of sp³-hybridized carbons (Fsp3) is 0.444. The Morgan fingerprint density at radius 1 is 1.27 bits per heavy atom. The molecule has 2 aromatic rings. The molecule has 0 spiro atoms. The zero-order valence-corrected chi connectivity index (χ0v) is 15.7. The maximum absolute atomic E-state index is 12.5. The first kappa shape index (κ1) is 19.6. The van der Waals surface area contributed by atoms with E-state index in [1.807, 2.05) is 25.7 Å². The minimum atomic E-state index is -0.454. The number of esters is 1. The Labute approximate surface area is 152 Å². The Hall–Kier alpha value is -2.74. The molecule has 0 aliphatic heterocycles. The number of amides is 1. The molecule has 140 valence electrons. The largest absolute Gasteiger partial charge is 0.465 e. The van der Waals surface area contributed by atoms with E-state index in [1.54, 1.807) is 31.2 Å². The summed E-state index contributed by atoms with van der Waals surface area (Å²) >= 11 is 0. The molecule has 0 bridgehead atoms. The first-order valence-electron chi connectivity index (χ1n) is 8.21. The minimum absolute atomic E-state index is 0.132. The van der Waals surface area contributed by atoms with Crippen LogP contribution in [-0.2, 0) is 16.1 Å². The summed E-state index contributed by atoms with van der Waals surface area (Å²) in [6.45, 7) is 8.22. The highest BCUT2D eigenvalue weighted by molar-refractivity contribution is 5.95. The maximum atomic E-state index is 12.5. The molecule has 1 amide bonds. The van der Waals surface area contributed by atoms with Gasteiger partial charge < -0.3 is 14.5 Å². The number of anilines is 1. The summed E-state index contributed by atoms with van der Waals surface area (Å²) < 4.78 is 10.1. The minimum Gasteiger partial charge on any atom is -0.465 e. The molecule has 26 heavy (non-hydrogen) atoms. The van der Waals surface area contributed by atoms with E-state index in [9.17, 15) is 9.59 Å². The molecule has 2 rings (SSSR count). The van der Waals surface area contributed by atoms with E-state index in [0.29, 0.717) is 29.6 Å². The number of rotatable bonds is 6. The molecule has 8 nitrogen and oxygen atoms in total. The average molecular weight is 360 g/mol. The van der Waals surface area contributed by atoms with E-state index in [-0.39, 0.29) is 18.0 Å². The zero-order valence-electron chi connectivity index (χ0n) is 15.7. The molecule has 0 unspecified atom stereocenters. The lowest BCUT2D eigenvalue weighted by Gasteiger charge is -2.33. The molecule has 8 heteroatoms. The van der Waals surface area contributed by atoms with Crippen LogP contribution in [0.1, 0.15) is 42.9 Å². The van der Waals surface area contributed by atoms with Crippen LogP contribution in [0.4, 0.5) is 5.69 Å². The standard InChI is InChI=1S/C18H24N4O4/c1-12-20-21-16(26-12)11-22(18(2,3)4)10-15(23)19-14-8-6-7-13(9-14)17(24)25-5/h6-9H,10-11H2,1-5H3,(H,19,23). The van der Waals surface area contributed by atoms with Gasteiger partial charge in [0.15, 0.2) is 0 Å². The molecule has 0 saturated carbocycles. The second kappa shape index (κ2) is 8.09. The molecule has 0 saturated heterocycles. The number of methoxy groups -OCH3 is 1. The van der Waals surface area contributed by atoms with Crippen LogP contribution in [0.3, 0.4) is 0 Å². The normalized spacial score (nSPS) is 11.5. The van der Waals surface area contributed by atoms with Crippen molar-refractivity contribution in [3.05, 3.63) is 41.6 Å². The van der Waals surface area contributed by atoms with Crippen molar-refractivity contribution in [2.75, 3.05) is 19.0 Å². The maximum Gasteiger partial charge on any atom is 0.337 e. The monoisotopic (exact) mass is 360 g/mol. The van der Waals surface area contributed by atoms with Crippen molar-refractivity contribution >= 4 is 17.6 Å². The summed E-state index contributed by atoms with van der Waals surface area (Å²) in [5.41, 5.74) is 0.618. The molecule has 0 aliphatic carbocycles. The first-order chi connectivity index (χ1) is 12.2. The highest BCUT2D eigenvalue weighted by Crippen LogP contribution is 2.17. The fourth-order valence-corrected chi connectivity index (χ4v) is 2.31. The number of nitrogens with one attached hydrogen (secondary N) is 1. The zero-order chi connectivity index (χ0) is 19.3. The lowest BCUT2D eigenvalue weighted by molar-refractivity contribution is -0.118. The second-order valence-electron chi connectivity index (χ2n) is 6.86. The summed E-state index contributed by atoms with van der Waals surface area (Å²) in [7, 11) is 1.31. The number of aromatic nitrogens is 2. The van der Waals surface area contributed by atoms with E-state index in [0.717, 1.165) is 0 Å². The summed E-state index contributed by atoms with van der Waals surface area (Å²) in [5.74, 6) is 0.276. The number of hydrogen-bond donors (Lipinski definition) is 1. The molecule has 1 aromatic carbocycles. The van der Waals surface area contributed by atoms with Crippen LogP contribution in [0.15, 0.2) is 28.7 Å². The van der Waals surface area contributed by atoms with E-state index >= 15 is 0 Å². The smallest absolute Gasteiger partial charge is 0.337 e. The lowest BCUT2D eigenvalue weighted by atomic mass is 10.1. The van der Waals surface area contributed by atoms with Crippen molar-refractivity contribution in [1.82, 2.24) is 15.1 Å². The van der Waals surface area contributed by atoms with Crippen molar-refractivity contribution in [2.24, 2.45) is 0 Å². The molecule has 1 heterocycles. The number of carbonyl (C=O) groups excluding carboxylic acids is 2. The van der Waals surface area contributed by atoms with Gasteiger partial charge in [0.1, 0.15) is 0 Å². The SMILES string of the molecule is COC(=O)c1cccc(NC(=O)CN(Cc2nnc(C)o2)C(C)(C)C)c1. The van der Waals surface area contributed by atoms with Gasteiger partial charge in [0.2, 0.25) is 17.7 Å². The second-order valence-corrected chi connectivity index (χ2v) is 6.86. The van der Waals surface area contributed by atoms with Gasteiger partial charge in [0.25, 0.3) is 0 Å². The van der Waals surface area contributed by atoms with Crippen molar-refractivity contribution in [3.63, 3.8) is 0 Å². The summed E-state index contributed by atoms with van der Waals surface area (Å²) in [6.07, 6.45) is 0. The number of benzene rings is 1. The Balaban J connectivity index is 2.06. The molecule has 1 aromatic heterocycles. The third-order valence-electron chi connectivity index (χ3n) is 3.74. The predicted molar refractivity (Wildman–Crippen MR) is 95.6 cm³/mol. The van der Waals surface area contributed by atoms with Crippen LogP contribution in [0, 0.1) is 6.92 Å². The number of ether oxygens (including phenoxy) is 1. The Kier molecular flexibility index (Phi) is 6.10. The van der Waals surface area contributed by atoms with Crippen LogP contribution in [0.2, 0.25) is 0 Å². The van der Waals surface area contributed by atoms with E-state index in [1.165, 1.54) is 7.11 Å². The third-order valence-corrected chi connectivity index (χ3v) is 3.74. The van der Waals surface area contributed by atoms with Gasteiger partial charge in [-0.3, -0.25) is 9.69 Å². The molecule has 0 radical (unpaired) electrons. The molecule has 1 N–H and O–H groups in total. The fourth-order valence-electron chi connectivity index (χ4n) is 2.31. The van der Waals surface area contributed by atoms with Crippen LogP contribution in [0.5, 0.6) is 0 Å². The van der Waals surface area contributed by atoms with Crippen LogP contribution in [-0.4, -0.2) is 46.2 Å². The highest BCUT2D eigenvalue weighted by Gasteiger charge is 2.25. The summed E-state index contributed by atoms with van der Waals surface area (Å²) in [6, 6.07) is 6.60. The highest BCUT2D eigenvalue weighted by atomic mass is 16.5. The number of hydrogen-bond acceptors (Lipinski definition) is 7. The number of nitrogens with zero attached hydrogens (tertiary/aromatic N) is 3. The van der Waals surface area contributed by atoms with E-state index in [4.69, 9.17) is 9.15 Å². The Bertz CT molecular complexity index is 779. The van der Waals surface area contributed by atoms with Crippen molar-refractivity contribution in [2.45, 2.75) is 39.8 Å². The predicted octanol–water partition coefficient (Wildman–Crippen LogP) is 2.40. The third kappa shape index (κ3) is 5.38. The lowest BCUT2D eigenvalue weighted by Crippen LogP contribution is -2.45. The van der Waals surface area contributed by atoms with Gasteiger partial charge in [-0.25, -0.2) is 4.79 Å². The van der Waals surface area contributed by atoms with Gasteiger partial charge in [-0.1, -0.05) is 6.07 Å². The van der Waals surface area contributed by atoms with Crippen LogP contribution in [0.25, 0.3) is 0 Å². The van der Waals surface area contributed by atoms with Gasteiger partial charge in [-0.15, -0.1) is 10.2 Å². The van der Waals surface area contributed by atoms with Crippen molar-refractivity contribution in [3.8, 4) is 0 Å². The number of carbonyl (C=O) groups is 2. The molecular formula is C18H24N4O4. The van der Waals surface area contributed by atoms with Crippen LogP contribution >= 0.6 is 0 Å². The van der Waals surface area contributed by atoms with Gasteiger partial charge in [-0.2, -0.15) is 0 Å². The average Bonchev–Trinajstić information content (AvgIpc) is 2.98. The van der Waals surface area contributed by atoms with Crippen LogP contribution < -0.4 is 5.32 Å². The Morgan fingerprint density at radius 3 is 2.58 bits per heavy atom. The van der Waals surface area contributed by atoms with Gasteiger partial charge in [0, 0.05) is 18.2 Å². The van der Waals surface area contributed by atoms with Crippen molar-refractivity contribution in [1.29, 1.82) is 0 Å². The van der Waals surface area contributed by atoms with Gasteiger partial charge in [0.05, 0.1) is 25.8 Å². The topological polar surface area (TPSA) is 97.6 Å². The van der Waals surface area contributed by atoms with Gasteiger partial charge >= 0.3 is 5.97 Å². The quantitative estimate of drug-likeness (QED) is 0.790. The van der Waals surface area contributed by atoms with Crippen molar-refractivity contribution < 1.29 is 18.7 Å². The summed E-state index contributed by atoms with van der Waals surface area (Å²) in [4.78, 5) is 26.0. The Morgan fingerprint density at radius 2 is 2.00 bits per heavy atom. The molecule has 0 atom stereocenters. The molecule has 0 aliphatic rings. The first-order valence-corrected chi connectivity index (χ1v) is 8.21. The van der Waals surface area contributed by atoms with Gasteiger partial charge in [-0.05, 0) is 39.0 Å². The number of aryl methyl sites for hydroxylation is 1. The molecular weight excluding hydrogens is 336 g/mol. The van der Waals surface area contributed by atoms with E-state index < -0.39 is 5.97 Å². The van der Waals surface area contributed by atoms with E-state index in [2.05, 4.69) is 15.5 Å².